The molecular formula is C15H24N2O2+2. The lowest BCUT2D eigenvalue weighted by Gasteiger charge is -2.29. The lowest BCUT2D eigenvalue weighted by molar-refractivity contribution is -1.02. The Kier molecular flexibility index (Phi) is 5.36. The van der Waals surface area contributed by atoms with Crippen LogP contribution < -0.4 is 9.80 Å². The molecule has 0 amide bonds. The van der Waals surface area contributed by atoms with Gasteiger partial charge in [-0.05, 0) is 6.92 Å². The number of piperazine rings is 1. The van der Waals surface area contributed by atoms with Gasteiger partial charge in [0.15, 0.2) is 6.54 Å². The van der Waals surface area contributed by atoms with Crippen LogP contribution >= 0.6 is 0 Å². The number of nitrogens with one attached hydrogen (secondary N) is 2. The van der Waals surface area contributed by atoms with E-state index in [0.29, 0.717) is 13.2 Å². The van der Waals surface area contributed by atoms with E-state index in [1.54, 1.807) is 4.90 Å². The zero-order valence-corrected chi connectivity index (χ0v) is 11.7. The van der Waals surface area contributed by atoms with Gasteiger partial charge in [0.2, 0.25) is 0 Å². The fourth-order valence-electron chi connectivity index (χ4n) is 2.61. The number of rotatable bonds is 5. The standard InChI is InChI=1S/C15H22N2O2/c1-2-19-15(18)13-17-10-8-16(9-11-17)12-14-6-4-3-5-7-14/h3-7H,2,8-13H2,1H3/p+2. The summed E-state index contributed by atoms with van der Waals surface area (Å²) < 4.78 is 5.00. The maximum Gasteiger partial charge on any atom is 0.361 e. The second kappa shape index (κ2) is 7.26. The van der Waals surface area contributed by atoms with Crippen LogP contribution in [0.5, 0.6) is 0 Å². The molecule has 0 saturated carbocycles. The number of hydrogen-bond acceptors (Lipinski definition) is 2. The first-order valence-electron chi connectivity index (χ1n) is 7.14. The smallest absolute Gasteiger partial charge is 0.361 e. The summed E-state index contributed by atoms with van der Waals surface area (Å²) >= 11 is 0. The van der Waals surface area contributed by atoms with Gasteiger partial charge in [-0.2, -0.15) is 0 Å². The van der Waals surface area contributed by atoms with Crippen molar-refractivity contribution in [3.05, 3.63) is 35.9 Å². The average Bonchev–Trinajstić information content (AvgIpc) is 2.42. The summed E-state index contributed by atoms with van der Waals surface area (Å²) in [5.41, 5.74) is 1.39. The highest BCUT2D eigenvalue weighted by atomic mass is 16.5. The molecular weight excluding hydrogens is 240 g/mol. The highest BCUT2D eigenvalue weighted by Crippen LogP contribution is 1.95. The predicted octanol–water partition coefficient (Wildman–Crippen LogP) is -1.47. The van der Waals surface area contributed by atoms with Gasteiger partial charge in [-0.3, -0.25) is 0 Å². The van der Waals surface area contributed by atoms with Crippen molar-refractivity contribution in [1.29, 1.82) is 0 Å². The molecule has 2 N–H and O–H groups in total. The van der Waals surface area contributed by atoms with Crippen molar-refractivity contribution in [2.24, 2.45) is 0 Å². The van der Waals surface area contributed by atoms with E-state index in [9.17, 15) is 4.79 Å². The van der Waals surface area contributed by atoms with Gasteiger partial charge in [-0.1, -0.05) is 30.3 Å². The molecule has 1 aromatic rings. The van der Waals surface area contributed by atoms with Crippen LogP contribution in [0.15, 0.2) is 30.3 Å². The fraction of sp³-hybridized carbons (Fsp3) is 0.533. The van der Waals surface area contributed by atoms with Crippen LogP contribution in [0.1, 0.15) is 12.5 Å². The van der Waals surface area contributed by atoms with Crippen LogP contribution in [0.3, 0.4) is 0 Å². The lowest BCUT2D eigenvalue weighted by atomic mass is 10.2. The molecule has 1 aliphatic rings. The number of carbonyl (C=O) groups is 1. The molecule has 0 aliphatic carbocycles. The van der Waals surface area contributed by atoms with E-state index < -0.39 is 0 Å². The van der Waals surface area contributed by atoms with Crippen molar-refractivity contribution in [2.45, 2.75) is 13.5 Å². The van der Waals surface area contributed by atoms with Crippen LogP contribution in [-0.4, -0.2) is 45.3 Å². The van der Waals surface area contributed by atoms with Crippen LogP contribution in [0.4, 0.5) is 0 Å². The van der Waals surface area contributed by atoms with E-state index in [1.165, 1.54) is 10.5 Å². The van der Waals surface area contributed by atoms with Crippen molar-refractivity contribution in [1.82, 2.24) is 0 Å². The number of carbonyl (C=O) groups excluding carboxylic acids is 1. The summed E-state index contributed by atoms with van der Waals surface area (Å²) in [6.07, 6.45) is 0. The van der Waals surface area contributed by atoms with Gasteiger partial charge >= 0.3 is 5.97 Å². The SMILES string of the molecule is CCOC(=O)C[NH+]1CC[NH+](Cc2ccccc2)CC1. The van der Waals surface area contributed by atoms with Gasteiger partial charge in [0.05, 0.1) is 6.61 Å². The van der Waals surface area contributed by atoms with Crippen LogP contribution in [0, 0.1) is 0 Å². The average molecular weight is 264 g/mol. The molecule has 0 aromatic heterocycles. The topological polar surface area (TPSA) is 35.2 Å². The molecule has 19 heavy (non-hydrogen) atoms. The Morgan fingerprint density at radius 3 is 2.37 bits per heavy atom. The Morgan fingerprint density at radius 1 is 1.11 bits per heavy atom. The van der Waals surface area contributed by atoms with Crippen molar-refractivity contribution in [2.75, 3.05) is 39.3 Å². The van der Waals surface area contributed by atoms with Gasteiger partial charge in [0.25, 0.3) is 0 Å². The second-order valence-electron chi connectivity index (χ2n) is 5.14. The van der Waals surface area contributed by atoms with E-state index in [1.807, 2.05) is 6.92 Å². The molecule has 1 saturated heterocycles. The summed E-state index contributed by atoms with van der Waals surface area (Å²) in [6.45, 7) is 8.32. The minimum atomic E-state index is -0.0657. The van der Waals surface area contributed by atoms with Gasteiger partial charge in [-0.15, -0.1) is 0 Å². The minimum Gasteiger partial charge on any atom is -0.462 e. The first kappa shape index (κ1) is 14.0. The Labute approximate surface area is 115 Å². The molecule has 0 radical (unpaired) electrons. The highest BCUT2D eigenvalue weighted by molar-refractivity contribution is 5.70. The van der Waals surface area contributed by atoms with Gasteiger partial charge in [0, 0.05) is 5.56 Å². The number of quaternary nitrogens is 2. The maximum absolute atomic E-state index is 11.4. The zero-order valence-electron chi connectivity index (χ0n) is 11.7. The predicted molar refractivity (Wildman–Crippen MR) is 73.0 cm³/mol. The van der Waals surface area contributed by atoms with E-state index in [4.69, 9.17) is 4.74 Å². The molecule has 4 nitrogen and oxygen atoms in total. The Morgan fingerprint density at radius 2 is 1.74 bits per heavy atom. The molecule has 0 spiro atoms. The largest absolute Gasteiger partial charge is 0.462 e. The van der Waals surface area contributed by atoms with E-state index in [0.717, 1.165) is 32.7 Å². The molecule has 2 rings (SSSR count). The zero-order chi connectivity index (χ0) is 13.5. The third-order valence-electron chi connectivity index (χ3n) is 3.66. The molecule has 4 heteroatoms. The Balaban J connectivity index is 1.72. The van der Waals surface area contributed by atoms with Gasteiger partial charge < -0.3 is 14.5 Å². The number of benzene rings is 1. The summed E-state index contributed by atoms with van der Waals surface area (Å²) in [6, 6.07) is 10.6. The third-order valence-corrected chi connectivity index (χ3v) is 3.66. The summed E-state index contributed by atoms with van der Waals surface area (Å²) in [7, 11) is 0. The number of hydrogen-bond donors (Lipinski definition) is 2. The van der Waals surface area contributed by atoms with Crippen molar-refractivity contribution >= 4 is 5.97 Å². The maximum atomic E-state index is 11.4. The normalized spacial score (nSPS) is 23.0. The van der Waals surface area contributed by atoms with Crippen molar-refractivity contribution in [3.8, 4) is 0 Å². The monoisotopic (exact) mass is 264 g/mol. The first-order valence-corrected chi connectivity index (χ1v) is 7.14. The molecule has 0 atom stereocenters. The lowest BCUT2D eigenvalue weighted by Crippen LogP contribution is -3.27. The van der Waals surface area contributed by atoms with Crippen LogP contribution in [-0.2, 0) is 16.1 Å². The Bertz CT molecular complexity index is 386. The van der Waals surface area contributed by atoms with Gasteiger partial charge in [-0.25, -0.2) is 4.79 Å². The minimum absolute atomic E-state index is 0.0657. The Hall–Kier alpha value is -1.39. The molecule has 1 fully saturated rings. The fourth-order valence-corrected chi connectivity index (χ4v) is 2.61. The molecule has 1 aliphatic heterocycles. The molecule has 1 heterocycles. The molecule has 0 bridgehead atoms. The summed E-state index contributed by atoms with van der Waals surface area (Å²) in [4.78, 5) is 14.4. The number of esters is 1. The van der Waals surface area contributed by atoms with E-state index in [-0.39, 0.29) is 5.97 Å². The van der Waals surface area contributed by atoms with Crippen LogP contribution in [0.2, 0.25) is 0 Å². The van der Waals surface area contributed by atoms with Gasteiger partial charge in [0.1, 0.15) is 32.7 Å². The van der Waals surface area contributed by atoms with E-state index in [2.05, 4.69) is 30.3 Å². The molecule has 1 aromatic carbocycles. The third kappa shape index (κ3) is 4.65. The van der Waals surface area contributed by atoms with Crippen molar-refractivity contribution < 1.29 is 19.3 Å². The number of ether oxygens (including phenoxy) is 1. The molecule has 0 unspecified atom stereocenters. The summed E-state index contributed by atoms with van der Waals surface area (Å²) in [5, 5.41) is 0. The van der Waals surface area contributed by atoms with Crippen molar-refractivity contribution in [3.63, 3.8) is 0 Å². The quantitative estimate of drug-likeness (QED) is 0.637. The highest BCUT2D eigenvalue weighted by Gasteiger charge is 2.25. The van der Waals surface area contributed by atoms with E-state index >= 15 is 0 Å². The molecule has 104 valence electrons. The summed E-state index contributed by atoms with van der Waals surface area (Å²) in [5.74, 6) is -0.0657. The first-order chi connectivity index (χ1) is 9.28. The second-order valence-corrected chi connectivity index (χ2v) is 5.14. The van der Waals surface area contributed by atoms with Crippen LogP contribution in [0.25, 0.3) is 0 Å².